The van der Waals surface area contributed by atoms with Gasteiger partial charge in [-0.3, -0.25) is 14.6 Å². The number of methoxy groups -OCH3 is 2. The molecule has 0 saturated heterocycles. The standard InChI is InChI=1S/C22H20N4O4/c1-12(27)24-16-6-4-5-14-7-13(11-23-21(14)16)8-20-25-17-10-19(30-3)18(29-2)9-15(17)22(28)26-20/h4-7,9-11H,8H2,1-3H3,(H,24,27)(H,25,26,28). The van der Waals surface area contributed by atoms with E-state index in [1.54, 1.807) is 24.4 Å². The van der Waals surface area contributed by atoms with Crippen LogP contribution in [0.5, 0.6) is 11.5 Å². The first kappa shape index (κ1) is 19.4. The molecule has 2 aromatic heterocycles. The van der Waals surface area contributed by atoms with Gasteiger partial charge in [0.1, 0.15) is 5.82 Å². The highest BCUT2D eigenvalue weighted by atomic mass is 16.5. The van der Waals surface area contributed by atoms with Crippen molar-refractivity contribution in [3.63, 3.8) is 0 Å². The van der Waals surface area contributed by atoms with Crippen molar-refractivity contribution < 1.29 is 14.3 Å². The van der Waals surface area contributed by atoms with Crippen LogP contribution in [0.1, 0.15) is 18.3 Å². The Kier molecular flexibility index (Phi) is 5.05. The second-order valence-corrected chi connectivity index (χ2v) is 6.82. The molecule has 0 spiro atoms. The normalized spacial score (nSPS) is 10.9. The minimum atomic E-state index is -0.252. The van der Waals surface area contributed by atoms with Gasteiger partial charge < -0.3 is 19.8 Å². The zero-order valence-corrected chi connectivity index (χ0v) is 16.8. The highest BCUT2D eigenvalue weighted by molar-refractivity contribution is 5.99. The SMILES string of the molecule is COc1cc2nc(Cc3cnc4c(NC(C)=O)cccc4c3)[nH]c(=O)c2cc1OC. The lowest BCUT2D eigenvalue weighted by atomic mass is 10.1. The minimum absolute atomic E-state index is 0.154. The first-order valence-corrected chi connectivity index (χ1v) is 9.28. The van der Waals surface area contributed by atoms with Gasteiger partial charge in [-0.2, -0.15) is 0 Å². The smallest absolute Gasteiger partial charge is 0.258 e. The summed E-state index contributed by atoms with van der Waals surface area (Å²) in [5.74, 6) is 1.34. The van der Waals surface area contributed by atoms with E-state index in [0.29, 0.717) is 45.9 Å². The van der Waals surface area contributed by atoms with Crippen LogP contribution >= 0.6 is 0 Å². The zero-order valence-electron chi connectivity index (χ0n) is 16.8. The molecule has 0 aliphatic heterocycles. The molecule has 0 saturated carbocycles. The van der Waals surface area contributed by atoms with Gasteiger partial charge in [-0.15, -0.1) is 0 Å². The Morgan fingerprint density at radius 2 is 1.90 bits per heavy atom. The number of para-hydroxylation sites is 1. The van der Waals surface area contributed by atoms with Crippen molar-refractivity contribution in [2.45, 2.75) is 13.3 Å². The van der Waals surface area contributed by atoms with Crippen molar-refractivity contribution in [1.82, 2.24) is 15.0 Å². The fourth-order valence-electron chi connectivity index (χ4n) is 3.39. The number of amides is 1. The quantitative estimate of drug-likeness (QED) is 0.530. The van der Waals surface area contributed by atoms with Crippen LogP contribution in [0.3, 0.4) is 0 Å². The number of H-pyrrole nitrogens is 1. The van der Waals surface area contributed by atoms with Gasteiger partial charge in [-0.05, 0) is 23.8 Å². The van der Waals surface area contributed by atoms with E-state index in [1.807, 2.05) is 18.2 Å². The topological polar surface area (TPSA) is 106 Å². The van der Waals surface area contributed by atoms with E-state index in [0.717, 1.165) is 10.9 Å². The maximum atomic E-state index is 12.6. The predicted molar refractivity (Wildman–Crippen MR) is 114 cm³/mol. The molecule has 8 heteroatoms. The van der Waals surface area contributed by atoms with Crippen molar-refractivity contribution >= 4 is 33.4 Å². The first-order chi connectivity index (χ1) is 14.5. The molecule has 0 aliphatic rings. The van der Waals surface area contributed by atoms with Crippen LogP contribution in [-0.2, 0) is 11.2 Å². The number of aromatic amines is 1. The van der Waals surface area contributed by atoms with Crippen LogP contribution < -0.4 is 20.3 Å². The summed E-state index contributed by atoms with van der Waals surface area (Å²) in [5.41, 5.74) is 2.51. The summed E-state index contributed by atoms with van der Waals surface area (Å²) in [6, 6.07) is 10.8. The van der Waals surface area contributed by atoms with Crippen molar-refractivity contribution in [2.24, 2.45) is 0 Å². The van der Waals surface area contributed by atoms with E-state index >= 15 is 0 Å². The molecule has 0 unspecified atom stereocenters. The highest BCUT2D eigenvalue weighted by Crippen LogP contribution is 2.30. The van der Waals surface area contributed by atoms with Gasteiger partial charge in [0, 0.05) is 31.0 Å². The van der Waals surface area contributed by atoms with E-state index < -0.39 is 0 Å². The number of anilines is 1. The molecule has 30 heavy (non-hydrogen) atoms. The molecule has 0 aliphatic carbocycles. The van der Waals surface area contributed by atoms with Gasteiger partial charge >= 0.3 is 0 Å². The third-order valence-electron chi connectivity index (χ3n) is 4.71. The average molecular weight is 404 g/mol. The number of rotatable bonds is 5. The van der Waals surface area contributed by atoms with Crippen LogP contribution in [0.4, 0.5) is 5.69 Å². The number of hydrogen-bond acceptors (Lipinski definition) is 6. The molecular weight excluding hydrogens is 384 g/mol. The monoisotopic (exact) mass is 404 g/mol. The van der Waals surface area contributed by atoms with E-state index in [4.69, 9.17) is 9.47 Å². The molecular formula is C22H20N4O4. The summed E-state index contributed by atoms with van der Waals surface area (Å²) in [6.07, 6.45) is 2.11. The Morgan fingerprint density at radius 1 is 1.13 bits per heavy atom. The molecule has 152 valence electrons. The fourth-order valence-corrected chi connectivity index (χ4v) is 3.39. The van der Waals surface area contributed by atoms with E-state index in [9.17, 15) is 9.59 Å². The summed E-state index contributed by atoms with van der Waals surface area (Å²) in [6.45, 7) is 1.46. The van der Waals surface area contributed by atoms with Crippen molar-refractivity contribution in [2.75, 3.05) is 19.5 Å². The van der Waals surface area contributed by atoms with Crippen LogP contribution in [0.15, 0.2) is 47.4 Å². The fraction of sp³-hybridized carbons (Fsp3) is 0.182. The number of carbonyl (C=O) groups excluding carboxylic acids is 1. The average Bonchev–Trinajstić information content (AvgIpc) is 2.72. The van der Waals surface area contributed by atoms with Gasteiger partial charge in [-0.1, -0.05) is 12.1 Å². The molecule has 0 fully saturated rings. The van der Waals surface area contributed by atoms with E-state index in [1.165, 1.54) is 21.1 Å². The predicted octanol–water partition coefficient (Wildman–Crippen LogP) is 3.04. The number of fused-ring (bicyclic) bond motifs is 2. The molecule has 0 atom stereocenters. The maximum Gasteiger partial charge on any atom is 0.258 e. The molecule has 1 amide bonds. The number of hydrogen-bond donors (Lipinski definition) is 2. The Morgan fingerprint density at radius 3 is 2.63 bits per heavy atom. The van der Waals surface area contributed by atoms with Gasteiger partial charge in [0.15, 0.2) is 11.5 Å². The number of ether oxygens (including phenoxy) is 2. The second kappa shape index (κ2) is 7.82. The summed E-state index contributed by atoms with van der Waals surface area (Å²) < 4.78 is 10.6. The molecule has 2 heterocycles. The number of nitrogens with zero attached hydrogens (tertiary/aromatic N) is 2. The molecule has 0 radical (unpaired) electrons. The minimum Gasteiger partial charge on any atom is -0.493 e. The molecule has 0 bridgehead atoms. The number of benzene rings is 2. The number of pyridine rings is 1. The highest BCUT2D eigenvalue weighted by Gasteiger charge is 2.12. The Bertz CT molecular complexity index is 1330. The summed E-state index contributed by atoms with van der Waals surface area (Å²) >= 11 is 0. The van der Waals surface area contributed by atoms with Gasteiger partial charge in [0.25, 0.3) is 5.56 Å². The summed E-state index contributed by atoms with van der Waals surface area (Å²) in [4.78, 5) is 35.9. The number of nitrogens with one attached hydrogen (secondary N) is 2. The van der Waals surface area contributed by atoms with E-state index in [-0.39, 0.29) is 11.5 Å². The van der Waals surface area contributed by atoms with Crippen molar-refractivity contribution in [3.05, 3.63) is 64.3 Å². The molecule has 2 N–H and O–H groups in total. The van der Waals surface area contributed by atoms with Crippen LogP contribution in [0, 0.1) is 0 Å². The third-order valence-corrected chi connectivity index (χ3v) is 4.71. The van der Waals surface area contributed by atoms with Crippen molar-refractivity contribution in [3.8, 4) is 11.5 Å². The largest absolute Gasteiger partial charge is 0.493 e. The lowest BCUT2D eigenvalue weighted by Crippen LogP contribution is -2.13. The van der Waals surface area contributed by atoms with Gasteiger partial charge in [-0.25, -0.2) is 4.98 Å². The van der Waals surface area contributed by atoms with Gasteiger partial charge in [0.2, 0.25) is 5.91 Å². The summed E-state index contributed by atoms with van der Waals surface area (Å²) in [5, 5.41) is 4.09. The Balaban J connectivity index is 1.72. The number of carbonyl (C=O) groups is 1. The van der Waals surface area contributed by atoms with E-state index in [2.05, 4.69) is 20.3 Å². The zero-order chi connectivity index (χ0) is 21.3. The van der Waals surface area contributed by atoms with Crippen molar-refractivity contribution in [1.29, 1.82) is 0 Å². The molecule has 4 aromatic rings. The van der Waals surface area contributed by atoms with Crippen LogP contribution in [0.2, 0.25) is 0 Å². The van der Waals surface area contributed by atoms with Crippen LogP contribution in [-0.4, -0.2) is 35.1 Å². The molecule has 8 nitrogen and oxygen atoms in total. The Labute approximate surface area is 171 Å². The third kappa shape index (κ3) is 3.67. The Hall–Kier alpha value is -3.94. The lowest BCUT2D eigenvalue weighted by molar-refractivity contribution is -0.114. The second-order valence-electron chi connectivity index (χ2n) is 6.82. The summed E-state index contributed by atoms with van der Waals surface area (Å²) in [7, 11) is 3.05. The van der Waals surface area contributed by atoms with Crippen LogP contribution in [0.25, 0.3) is 21.8 Å². The maximum absolute atomic E-state index is 12.6. The first-order valence-electron chi connectivity index (χ1n) is 9.28. The molecule has 2 aromatic carbocycles. The van der Waals surface area contributed by atoms with Gasteiger partial charge in [0.05, 0.1) is 36.3 Å². The number of aromatic nitrogens is 3. The lowest BCUT2D eigenvalue weighted by Gasteiger charge is -2.10. The molecule has 4 rings (SSSR count).